The van der Waals surface area contributed by atoms with Gasteiger partial charge in [0.1, 0.15) is 0 Å². The molecule has 0 aliphatic heterocycles. The number of halogens is 2. The highest BCUT2D eigenvalue weighted by atomic mass is 35.5. The molecule has 1 radical (unpaired) electrons. The van der Waals surface area contributed by atoms with Crippen LogP contribution in [-0.2, 0) is 0 Å². The van der Waals surface area contributed by atoms with E-state index < -0.39 is 0 Å². The zero-order valence-electron chi connectivity index (χ0n) is 3.25. The van der Waals surface area contributed by atoms with Crippen LogP contribution in [0.25, 0.3) is 0 Å². The van der Waals surface area contributed by atoms with E-state index in [4.69, 9.17) is 29.8 Å². The molecular weight excluding hydrogens is 119 g/mol. The maximum atomic E-state index is 5.21. The van der Waals surface area contributed by atoms with E-state index in [0.717, 1.165) is 0 Å². The third kappa shape index (κ3) is 2.55. The van der Waals surface area contributed by atoms with Crippen LogP contribution in [0.3, 0.4) is 0 Å². The Balaban J connectivity index is 2.99. The van der Waals surface area contributed by atoms with Crippen molar-refractivity contribution in [3.05, 3.63) is 12.2 Å². The molecular formula is C4H5Cl2. The molecule has 0 spiro atoms. The van der Waals surface area contributed by atoms with Gasteiger partial charge in [0, 0.05) is 11.8 Å². The van der Waals surface area contributed by atoms with Gasteiger partial charge in [-0.15, -0.1) is 23.2 Å². The standard InChI is InChI=1S/C4H5Cl2/c1-4(2-5)3-6/h1H,2-3H2. The molecule has 2 heteroatoms. The van der Waals surface area contributed by atoms with Crippen LogP contribution in [0, 0.1) is 6.58 Å². The molecule has 0 fully saturated rings. The fourth-order valence-electron chi connectivity index (χ4n) is 0.0357. The molecule has 0 aliphatic rings. The predicted molar refractivity (Wildman–Crippen MR) is 29.3 cm³/mol. The molecule has 0 bridgehead atoms. The molecule has 0 aliphatic carbocycles. The van der Waals surface area contributed by atoms with E-state index in [0.29, 0.717) is 17.3 Å². The van der Waals surface area contributed by atoms with Gasteiger partial charge in [-0.05, 0) is 5.57 Å². The van der Waals surface area contributed by atoms with Crippen LogP contribution in [0.5, 0.6) is 0 Å². The average molecular weight is 124 g/mol. The number of hydrogen-bond donors (Lipinski definition) is 0. The Hall–Kier alpha value is 0.320. The van der Waals surface area contributed by atoms with Gasteiger partial charge >= 0.3 is 0 Å². The van der Waals surface area contributed by atoms with Crippen LogP contribution >= 0.6 is 23.2 Å². The summed E-state index contributed by atoms with van der Waals surface area (Å²) in [4.78, 5) is 0. The lowest BCUT2D eigenvalue weighted by atomic mass is 10.4. The van der Waals surface area contributed by atoms with Crippen molar-refractivity contribution in [1.82, 2.24) is 0 Å². The van der Waals surface area contributed by atoms with E-state index in [1.165, 1.54) is 0 Å². The van der Waals surface area contributed by atoms with Gasteiger partial charge in [0.05, 0.1) is 0 Å². The third-order valence-electron chi connectivity index (χ3n) is 0.343. The Kier molecular flexibility index (Phi) is 3.70. The molecule has 0 aromatic rings. The number of allylic oxidation sites excluding steroid dienone is 1. The topological polar surface area (TPSA) is 0 Å². The van der Waals surface area contributed by atoms with E-state index in [-0.39, 0.29) is 0 Å². The minimum atomic E-state index is 0.365. The van der Waals surface area contributed by atoms with Crippen molar-refractivity contribution >= 4 is 23.2 Å². The van der Waals surface area contributed by atoms with Crippen molar-refractivity contribution in [3.8, 4) is 0 Å². The van der Waals surface area contributed by atoms with Crippen molar-refractivity contribution in [3.63, 3.8) is 0 Å². The predicted octanol–water partition coefficient (Wildman–Crippen LogP) is 1.82. The molecule has 0 heterocycles. The summed E-state index contributed by atoms with van der Waals surface area (Å²) in [5.41, 5.74) is 0.623. The summed E-state index contributed by atoms with van der Waals surface area (Å²) in [5, 5.41) is 0. The third-order valence-corrected chi connectivity index (χ3v) is 1.03. The summed E-state index contributed by atoms with van der Waals surface area (Å²) in [6, 6.07) is 0. The Labute approximate surface area is 47.8 Å². The van der Waals surface area contributed by atoms with Crippen LogP contribution < -0.4 is 0 Å². The number of alkyl halides is 2. The van der Waals surface area contributed by atoms with Gasteiger partial charge < -0.3 is 0 Å². The van der Waals surface area contributed by atoms with Crippen LogP contribution in [0.1, 0.15) is 0 Å². The Morgan fingerprint density at radius 1 is 1.33 bits per heavy atom. The first kappa shape index (κ1) is 6.32. The van der Waals surface area contributed by atoms with Gasteiger partial charge in [-0.25, -0.2) is 0 Å². The molecule has 0 rings (SSSR count). The van der Waals surface area contributed by atoms with Gasteiger partial charge in [0.25, 0.3) is 0 Å². The molecule has 0 aromatic carbocycles. The van der Waals surface area contributed by atoms with E-state index in [9.17, 15) is 0 Å². The maximum Gasteiger partial charge on any atom is 0.0448 e. The average Bonchev–Trinajstić information content (AvgIpc) is 1.65. The first-order valence-electron chi connectivity index (χ1n) is 1.53. The zero-order chi connectivity index (χ0) is 4.99. The second kappa shape index (κ2) is 3.51. The molecule has 0 saturated heterocycles. The number of rotatable bonds is 2. The molecule has 6 heavy (non-hydrogen) atoms. The van der Waals surface area contributed by atoms with Crippen molar-refractivity contribution in [1.29, 1.82) is 0 Å². The van der Waals surface area contributed by atoms with Crippen LogP contribution in [0.2, 0.25) is 0 Å². The van der Waals surface area contributed by atoms with Crippen molar-refractivity contribution in [2.45, 2.75) is 0 Å². The molecule has 0 saturated carbocycles. The molecule has 0 nitrogen and oxygen atoms in total. The zero-order valence-corrected chi connectivity index (χ0v) is 4.76. The normalized spacial score (nSPS) is 8.33. The van der Waals surface area contributed by atoms with Crippen molar-refractivity contribution < 1.29 is 0 Å². The Morgan fingerprint density at radius 2 is 1.67 bits per heavy atom. The minimum Gasteiger partial charge on any atom is -0.122 e. The summed E-state index contributed by atoms with van der Waals surface area (Å²) in [6.07, 6.45) is 0. The second-order valence-electron chi connectivity index (χ2n) is 0.926. The first-order chi connectivity index (χ1) is 2.81. The fraction of sp³-hybridized carbons (Fsp3) is 0.500. The lowest BCUT2D eigenvalue weighted by Gasteiger charge is -1.85. The second-order valence-corrected chi connectivity index (χ2v) is 1.46. The van der Waals surface area contributed by atoms with Gasteiger partial charge in [-0.3, -0.25) is 0 Å². The van der Waals surface area contributed by atoms with Crippen LogP contribution in [0.15, 0.2) is 5.57 Å². The summed E-state index contributed by atoms with van der Waals surface area (Å²) in [5.74, 6) is 0.729. The highest BCUT2D eigenvalue weighted by Gasteiger charge is 1.82. The summed E-state index contributed by atoms with van der Waals surface area (Å²) < 4.78 is 0. The lowest BCUT2D eigenvalue weighted by Crippen LogP contribution is -1.79. The van der Waals surface area contributed by atoms with Gasteiger partial charge in [-0.2, -0.15) is 0 Å². The monoisotopic (exact) mass is 123 g/mol. The fourth-order valence-corrected chi connectivity index (χ4v) is 0.321. The van der Waals surface area contributed by atoms with E-state index in [2.05, 4.69) is 0 Å². The Morgan fingerprint density at radius 3 is 1.67 bits per heavy atom. The summed E-state index contributed by atoms with van der Waals surface area (Å²) in [7, 11) is 0. The summed E-state index contributed by atoms with van der Waals surface area (Å²) >= 11 is 10.4. The highest BCUT2D eigenvalue weighted by Crippen LogP contribution is 1.93. The SMILES string of the molecule is [CH]=C(CCl)CCl. The molecule has 0 unspecified atom stereocenters. The first-order valence-corrected chi connectivity index (χ1v) is 2.60. The number of hydrogen-bond acceptors (Lipinski definition) is 0. The maximum absolute atomic E-state index is 5.21. The smallest absolute Gasteiger partial charge is 0.0448 e. The molecule has 0 amide bonds. The van der Waals surface area contributed by atoms with E-state index >= 15 is 0 Å². The van der Waals surface area contributed by atoms with Crippen LogP contribution in [-0.4, -0.2) is 11.8 Å². The van der Waals surface area contributed by atoms with Gasteiger partial charge in [0.15, 0.2) is 0 Å². The summed E-state index contributed by atoms with van der Waals surface area (Å²) in [6.45, 7) is 5.12. The molecule has 0 N–H and O–H groups in total. The Bertz CT molecular complexity index is 43.5. The van der Waals surface area contributed by atoms with Crippen LogP contribution in [0.4, 0.5) is 0 Å². The molecule has 35 valence electrons. The lowest BCUT2D eigenvalue weighted by molar-refractivity contribution is 1.43. The van der Waals surface area contributed by atoms with Crippen molar-refractivity contribution in [2.75, 3.05) is 11.8 Å². The largest absolute Gasteiger partial charge is 0.122 e. The highest BCUT2D eigenvalue weighted by molar-refractivity contribution is 6.23. The molecule has 0 aromatic heterocycles. The quantitative estimate of drug-likeness (QED) is 0.492. The van der Waals surface area contributed by atoms with Gasteiger partial charge in [0.2, 0.25) is 0 Å². The van der Waals surface area contributed by atoms with E-state index in [1.54, 1.807) is 0 Å². The molecule has 0 atom stereocenters. The van der Waals surface area contributed by atoms with Crippen molar-refractivity contribution in [2.24, 2.45) is 0 Å². The van der Waals surface area contributed by atoms with Gasteiger partial charge in [-0.1, -0.05) is 6.58 Å². The van der Waals surface area contributed by atoms with E-state index in [1.807, 2.05) is 0 Å². The minimum absolute atomic E-state index is 0.365.